The van der Waals surface area contributed by atoms with Crippen molar-refractivity contribution in [1.29, 1.82) is 0 Å². The van der Waals surface area contributed by atoms with Crippen molar-refractivity contribution in [3.8, 4) is 17.0 Å². The van der Waals surface area contributed by atoms with Crippen LogP contribution >= 0.6 is 0 Å². The molecule has 1 amide bonds. The summed E-state index contributed by atoms with van der Waals surface area (Å²) in [6.45, 7) is 0. The van der Waals surface area contributed by atoms with Gasteiger partial charge in [-0.15, -0.1) is 0 Å². The lowest BCUT2D eigenvalue weighted by Gasteiger charge is -2.24. The number of rotatable bonds is 5. The van der Waals surface area contributed by atoms with Crippen molar-refractivity contribution < 1.29 is 9.53 Å². The second kappa shape index (κ2) is 5.72. The van der Waals surface area contributed by atoms with Gasteiger partial charge in [0.25, 0.3) is 0 Å². The highest BCUT2D eigenvalue weighted by Crippen LogP contribution is 2.45. The number of hydrogen-bond donors (Lipinski definition) is 2. The molecule has 0 saturated heterocycles. The number of carbonyl (C=O) groups is 1. The molecule has 5 nitrogen and oxygen atoms in total. The molecule has 0 radical (unpaired) electrons. The number of amides is 1. The number of benzene rings is 1. The van der Waals surface area contributed by atoms with Crippen LogP contribution in [0.25, 0.3) is 11.3 Å². The molecule has 1 aromatic carbocycles. The van der Waals surface area contributed by atoms with E-state index in [9.17, 15) is 4.79 Å². The second-order valence-electron chi connectivity index (χ2n) is 6.48. The van der Waals surface area contributed by atoms with Crippen LogP contribution in [0.2, 0.25) is 0 Å². The van der Waals surface area contributed by atoms with Crippen LogP contribution in [0.15, 0.2) is 24.3 Å². The third-order valence-corrected chi connectivity index (χ3v) is 4.85. The molecule has 120 valence electrons. The first kappa shape index (κ1) is 14.3. The summed E-state index contributed by atoms with van der Waals surface area (Å²) in [7, 11) is 1.65. The Hall–Kier alpha value is -2.30. The number of H-pyrrole nitrogens is 1. The fraction of sp³-hybridized carbons (Fsp3) is 0.444. The number of hydrogen-bond acceptors (Lipinski definition) is 3. The smallest absolute Gasteiger partial charge is 0.227 e. The average Bonchev–Trinajstić information content (AvgIpc) is 3.27. The molecular formula is C18H21N3O2. The van der Waals surface area contributed by atoms with E-state index in [1.165, 1.54) is 0 Å². The summed E-state index contributed by atoms with van der Waals surface area (Å²) in [5.41, 5.74) is 3.68. The van der Waals surface area contributed by atoms with Crippen molar-refractivity contribution >= 4 is 11.6 Å². The monoisotopic (exact) mass is 311 g/mol. The fourth-order valence-corrected chi connectivity index (χ4v) is 3.02. The predicted octanol–water partition coefficient (Wildman–Crippen LogP) is 3.70. The molecule has 0 aliphatic heterocycles. The normalized spacial score (nSPS) is 17.6. The number of methoxy groups -OCH3 is 1. The number of nitrogens with zero attached hydrogens (tertiary/aromatic N) is 1. The van der Waals surface area contributed by atoms with Gasteiger partial charge in [-0.25, -0.2) is 0 Å². The first-order chi connectivity index (χ1) is 11.3. The largest absolute Gasteiger partial charge is 0.497 e. The number of carbonyl (C=O) groups excluding carboxylic acids is 1. The summed E-state index contributed by atoms with van der Waals surface area (Å²) in [4.78, 5) is 12.4. The molecule has 2 fully saturated rings. The van der Waals surface area contributed by atoms with Crippen LogP contribution in [-0.2, 0) is 4.79 Å². The van der Waals surface area contributed by atoms with Gasteiger partial charge in [-0.1, -0.05) is 18.6 Å². The summed E-state index contributed by atoms with van der Waals surface area (Å²) in [5.74, 6) is 1.58. The first-order valence-electron chi connectivity index (χ1n) is 8.30. The Morgan fingerprint density at radius 1 is 1.30 bits per heavy atom. The minimum Gasteiger partial charge on any atom is -0.497 e. The minimum atomic E-state index is 0.128. The van der Waals surface area contributed by atoms with E-state index in [-0.39, 0.29) is 11.8 Å². The van der Waals surface area contributed by atoms with E-state index in [0.717, 1.165) is 60.5 Å². The van der Waals surface area contributed by atoms with Crippen molar-refractivity contribution in [2.45, 2.75) is 38.0 Å². The van der Waals surface area contributed by atoms with Crippen molar-refractivity contribution in [2.75, 3.05) is 12.4 Å². The topological polar surface area (TPSA) is 67.0 Å². The average molecular weight is 311 g/mol. The lowest BCUT2D eigenvalue weighted by Crippen LogP contribution is -2.28. The third kappa shape index (κ3) is 2.71. The zero-order chi connectivity index (χ0) is 15.8. The highest BCUT2D eigenvalue weighted by molar-refractivity contribution is 5.97. The molecule has 2 aromatic rings. The lowest BCUT2D eigenvalue weighted by atomic mass is 9.84. The maximum Gasteiger partial charge on any atom is 0.227 e. The van der Waals surface area contributed by atoms with Crippen LogP contribution in [0.3, 0.4) is 0 Å². The number of ether oxygens (including phenoxy) is 1. The molecule has 2 aliphatic carbocycles. The van der Waals surface area contributed by atoms with Crippen LogP contribution in [0, 0.1) is 5.92 Å². The van der Waals surface area contributed by atoms with Crippen LogP contribution < -0.4 is 10.1 Å². The van der Waals surface area contributed by atoms with Gasteiger partial charge < -0.3 is 10.1 Å². The summed E-state index contributed by atoms with van der Waals surface area (Å²) < 4.78 is 5.30. The quantitative estimate of drug-likeness (QED) is 0.884. The molecule has 0 bridgehead atoms. The van der Waals surface area contributed by atoms with Gasteiger partial charge in [-0.3, -0.25) is 9.89 Å². The van der Waals surface area contributed by atoms with Crippen LogP contribution in [0.5, 0.6) is 5.75 Å². The van der Waals surface area contributed by atoms with E-state index in [4.69, 9.17) is 4.74 Å². The Morgan fingerprint density at radius 3 is 2.78 bits per heavy atom. The molecule has 1 aromatic heterocycles. The summed E-state index contributed by atoms with van der Waals surface area (Å²) in [6, 6.07) is 7.79. The molecule has 1 heterocycles. The van der Waals surface area contributed by atoms with Crippen LogP contribution in [-0.4, -0.2) is 23.2 Å². The lowest BCUT2D eigenvalue weighted by molar-refractivity contribution is -0.122. The SMILES string of the molecule is COc1cccc(-c2n[nH]c(C3CC3)c2NC(=O)C2CCC2)c1. The number of aromatic amines is 1. The van der Waals surface area contributed by atoms with E-state index in [0.29, 0.717) is 5.92 Å². The van der Waals surface area contributed by atoms with Gasteiger partial charge in [0.05, 0.1) is 18.5 Å². The van der Waals surface area contributed by atoms with E-state index < -0.39 is 0 Å². The summed E-state index contributed by atoms with van der Waals surface area (Å²) >= 11 is 0. The maximum absolute atomic E-state index is 12.4. The molecule has 2 saturated carbocycles. The highest BCUT2D eigenvalue weighted by Gasteiger charge is 2.33. The molecule has 0 spiro atoms. The van der Waals surface area contributed by atoms with Crippen molar-refractivity contribution in [3.05, 3.63) is 30.0 Å². The molecule has 23 heavy (non-hydrogen) atoms. The first-order valence-corrected chi connectivity index (χ1v) is 8.30. The third-order valence-electron chi connectivity index (χ3n) is 4.85. The molecule has 0 atom stereocenters. The van der Waals surface area contributed by atoms with E-state index in [1.54, 1.807) is 7.11 Å². The number of aromatic nitrogens is 2. The Kier molecular flexibility index (Phi) is 3.56. The fourth-order valence-electron chi connectivity index (χ4n) is 3.02. The molecule has 5 heteroatoms. The highest BCUT2D eigenvalue weighted by atomic mass is 16.5. The van der Waals surface area contributed by atoms with Crippen molar-refractivity contribution in [2.24, 2.45) is 5.92 Å². The molecule has 4 rings (SSSR count). The maximum atomic E-state index is 12.4. The molecular weight excluding hydrogens is 290 g/mol. The zero-order valence-electron chi connectivity index (χ0n) is 13.3. The standard InChI is InChI=1S/C18H21N3O2/c1-23-14-7-3-6-13(10-14)16-17(15(20-21-16)11-8-9-11)19-18(22)12-4-2-5-12/h3,6-7,10-12H,2,4-5,8-9H2,1H3,(H,19,22)(H,20,21). The van der Waals surface area contributed by atoms with Gasteiger partial charge in [-0.2, -0.15) is 5.10 Å². The molecule has 2 N–H and O–H groups in total. The van der Waals surface area contributed by atoms with Gasteiger partial charge in [-0.05, 0) is 37.8 Å². The zero-order valence-corrected chi connectivity index (χ0v) is 13.3. The Bertz CT molecular complexity index is 730. The van der Waals surface area contributed by atoms with Gasteiger partial charge in [0.15, 0.2) is 0 Å². The molecule has 0 unspecified atom stereocenters. The van der Waals surface area contributed by atoms with Gasteiger partial charge >= 0.3 is 0 Å². The Balaban J connectivity index is 1.69. The number of nitrogens with one attached hydrogen (secondary N) is 2. The van der Waals surface area contributed by atoms with Crippen molar-refractivity contribution in [3.63, 3.8) is 0 Å². The van der Waals surface area contributed by atoms with E-state index in [2.05, 4.69) is 15.5 Å². The predicted molar refractivity (Wildman–Crippen MR) is 88.5 cm³/mol. The second-order valence-corrected chi connectivity index (χ2v) is 6.48. The van der Waals surface area contributed by atoms with Gasteiger partial charge in [0, 0.05) is 17.4 Å². The van der Waals surface area contributed by atoms with E-state index in [1.807, 2.05) is 24.3 Å². The number of anilines is 1. The minimum absolute atomic E-state index is 0.128. The Labute approximate surface area is 135 Å². The summed E-state index contributed by atoms with van der Waals surface area (Å²) in [6.07, 6.45) is 5.47. The molecule has 2 aliphatic rings. The van der Waals surface area contributed by atoms with Crippen LogP contribution in [0.1, 0.15) is 43.7 Å². The van der Waals surface area contributed by atoms with Gasteiger partial charge in [0.2, 0.25) is 5.91 Å². The summed E-state index contributed by atoms with van der Waals surface area (Å²) in [5, 5.41) is 10.8. The van der Waals surface area contributed by atoms with Gasteiger partial charge in [0.1, 0.15) is 11.4 Å². The Morgan fingerprint density at radius 2 is 2.13 bits per heavy atom. The van der Waals surface area contributed by atoms with Crippen molar-refractivity contribution in [1.82, 2.24) is 10.2 Å². The van der Waals surface area contributed by atoms with Crippen LogP contribution in [0.4, 0.5) is 5.69 Å². The van der Waals surface area contributed by atoms with E-state index >= 15 is 0 Å².